The second-order valence-electron chi connectivity index (χ2n) is 4.32. The van der Waals surface area contributed by atoms with Gasteiger partial charge in [-0.25, -0.2) is 4.79 Å². The van der Waals surface area contributed by atoms with Crippen molar-refractivity contribution in [3.05, 3.63) is 12.7 Å². The standard InChI is InChI=1S/C11H16N2O3/c1-2-6-16-10(15)11-4-3-5-13(11)9(14)8(12)7-11/h2,8H,1,3-7,12H2/t8-,11-/m1/s1. The van der Waals surface area contributed by atoms with Gasteiger partial charge in [0.1, 0.15) is 12.1 Å². The molecule has 2 atom stereocenters. The van der Waals surface area contributed by atoms with Gasteiger partial charge in [0.15, 0.2) is 0 Å². The van der Waals surface area contributed by atoms with Crippen LogP contribution < -0.4 is 5.73 Å². The summed E-state index contributed by atoms with van der Waals surface area (Å²) < 4.78 is 5.07. The molecule has 0 aromatic carbocycles. The van der Waals surface area contributed by atoms with Crippen LogP contribution in [0.2, 0.25) is 0 Å². The van der Waals surface area contributed by atoms with Gasteiger partial charge in [-0.1, -0.05) is 12.7 Å². The fraction of sp³-hybridized carbons (Fsp3) is 0.636. The van der Waals surface area contributed by atoms with Crippen LogP contribution >= 0.6 is 0 Å². The van der Waals surface area contributed by atoms with Crippen LogP contribution in [-0.4, -0.2) is 41.5 Å². The lowest BCUT2D eigenvalue weighted by atomic mass is 9.93. The SMILES string of the molecule is C=CCOC(=O)[C@]12CCCN1C(=O)[C@H](N)C2. The van der Waals surface area contributed by atoms with E-state index in [1.165, 1.54) is 6.08 Å². The molecule has 16 heavy (non-hydrogen) atoms. The summed E-state index contributed by atoms with van der Waals surface area (Å²) in [6.45, 7) is 4.28. The Morgan fingerprint density at radius 3 is 3.19 bits per heavy atom. The molecule has 1 amide bonds. The molecule has 0 bridgehead atoms. The molecule has 2 rings (SSSR count). The Kier molecular flexibility index (Phi) is 2.71. The molecule has 0 unspecified atom stereocenters. The van der Waals surface area contributed by atoms with Crippen LogP contribution in [0.1, 0.15) is 19.3 Å². The smallest absolute Gasteiger partial charge is 0.332 e. The average molecular weight is 224 g/mol. The van der Waals surface area contributed by atoms with Gasteiger partial charge in [-0.05, 0) is 12.8 Å². The molecule has 0 saturated carbocycles. The van der Waals surface area contributed by atoms with Crippen LogP contribution in [0.25, 0.3) is 0 Å². The molecule has 2 saturated heterocycles. The number of nitrogens with two attached hydrogens (primary N) is 1. The molecule has 5 heteroatoms. The molecule has 0 spiro atoms. The fourth-order valence-electron chi connectivity index (χ4n) is 2.63. The van der Waals surface area contributed by atoms with Crippen molar-refractivity contribution in [2.24, 2.45) is 5.73 Å². The zero-order chi connectivity index (χ0) is 11.8. The van der Waals surface area contributed by atoms with Gasteiger partial charge < -0.3 is 15.4 Å². The van der Waals surface area contributed by atoms with Gasteiger partial charge in [0.2, 0.25) is 5.91 Å². The minimum Gasteiger partial charge on any atom is -0.460 e. The Bertz CT molecular complexity index is 342. The van der Waals surface area contributed by atoms with Crippen molar-refractivity contribution in [1.29, 1.82) is 0 Å². The number of rotatable bonds is 3. The first kappa shape index (κ1) is 11.1. The highest BCUT2D eigenvalue weighted by Gasteiger charge is 2.57. The van der Waals surface area contributed by atoms with Gasteiger partial charge in [0.25, 0.3) is 0 Å². The van der Waals surface area contributed by atoms with E-state index < -0.39 is 11.6 Å². The Hall–Kier alpha value is -1.36. The quantitative estimate of drug-likeness (QED) is 0.532. The number of fused-ring (bicyclic) bond motifs is 1. The number of esters is 1. The fourth-order valence-corrected chi connectivity index (χ4v) is 2.63. The molecule has 2 fully saturated rings. The Balaban J connectivity index is 2.19. The number of ether oxygens (including phenoxy) is 1. The third-order valence-electron chi connectivity index (χ3n) is 3.34. The van der Waals surface area contributed by atoms with E-state index in [-0.39, 0.29) is 18.5 Å². The van der Waals surface area contributed by atoms with Gasteiger partial charge >= 0.3 is 5.97 Å². The van der Waals surface area contributed by atoms with Crippen molar-refractivity contribution >= 4 is 11.9 Å². The first-order chi connectivity index (χ1) is 7.62. The lowest BCUT2D eigenvalue weighted by Crippen LogP contribution is -2.48. The van der Waals surface area contributed by atoms with E-state index in [0.717, 1.165) is 6.42 Å². The maximum Gasteiger partial charge on any atom is 0.332 e. The molecule has 5 nitrogen and oxygen atoms in total. The van der Waals surface area contributed by atoms with Crippen molar-refractivity contribution in [3.63, 3.8) is 0 Å². The van der Waals surface area contributed by atoms with E-state index in [0.29, 0.717) is 19.4 Å². The molecule has 88 valence electrons. The van der Waals surface area contributed by atoms with Crippen molar-refractivity contribution < 1.29 is 14.3 Å². The van der Waals surface area contributed by atoms with E-state index in [9.17, 15) is 9.59 Å². The highest BCUT2D eigenvalue weighted by Crippen LogP contribution is 2.40. The second-order valence-corrected chi connectivity index (χ2v) is 4.32. The van der Waals surface area contributed by atoms with E-state index >= 15 is 0 Å². The normalized spacial score (nSPS) is 32.7. The zero-order valence-electron chi connectivity index (χ0n) is 9.15. The molecular formula is C11H16N2O3. The number of amides is 1. The maximum absolute atomic E-state index is 12.0. The van der Waals surface area contributed by atoms with Gasteiger partial charge in [0.05, 0.1) is 6.04 Å². The minimum atomic E-state index is -0.792. The van der Waals surface area contributed by atoms with Crippen molar-refractivity contribution in [1.82, 2.24) is 4.90 Å². The second kappa shape index (κ2) is 3.90. The van der Waals surface area contributed by atoms with E-state index in [4.69, 9.17) is 10.5 Å². The van der Waals surface area contributed by atoms with Gasteiger partial charge in [-0.3, -0.25) is 4.79 Å². The molecule has 2 heterocycles. The third kappa shape index (κ3) is 1.43. The molecule has 0 radical (unpaired) electrons. The van der Waals surface area contributed by atoms with Crippen LogP contribution in [0.5, 0.6) is 0 Å². The van der Waals surface area contributed by atoms with E-state index in [2.05, 4.69) is 6.58 Å². The minimum absolute atomic E-state index is 0.131. The van der Waals surface area contributed by atoms with Crippen molar-refractivity contribution in [2.75, 3.05) is 13.2 Å². The predicted octanol–water partition coefficient (Wildman–Crippen LogP) is -0.192. The van der Waals surface area contributed by atoms with Crippen LogP contribution in [0.4, 0.5) is 0 Å². The van der Waals surface area contributed by atoms with E-state index in [1.54, 1.807) is 4.90 Å². The summed E-state index contributed by atoms with van der Waals surface area (Å²) in [5, 5.41) is 0. The first-order valence-electron chi connectivity index (χ1n) is 5.47. The molecule has 0 aromatic rings. The molecular weight excluding hydrogens is 208 g/mol. The number of carbonyl (C=O) groups is 2. The summed E-state index contributed by atoms with van der Waals surface area (Å²) >= 11 is 0. The van der Waals surface area contributed by atoms with Crippen LogP contribution in [-0.2, 0) is 14.3 Å². The van der Waals surface area contributed by atoms with E-state index in [1.807, 2.05) is 0 Å². The summed E-state index contributed by atoms with van der Waals surface area (Å²) in [4.78, 5) is 25.3. The summed E-state index contributed by atoms with van der Waals surface area (Å²) in [5.41, 5.74) is 4.91. The molecule has 2 aliphatic rings. The number of hydrogen-bond acceptors (Lipinski definition) is 4. The van der Waals surface area contributed by atoms with Crippen molar-refractivity contribution in [3.8, 4) is 0 Å². The highest BCUT2D eigenvalue weighted by molar-refractivity contribution is 5.95. The number of nitrogens with zero attached hydrogens (tertiary/aromatic N) is 1. The Morgan fingerprint density at radius 2 is 2.50 bits per heavy atom. The summed E-state index contributed by atoms with van der Waals surface area (Å²) in [7, 11) is 0. The molecule has 2 aliphatic heterocycles. The Morgan fingerprint density at radius 1 is 1.75 bits per heavy atom. The van der Waals surface area contributed by atoms with Gasteiger partial charge in [-0.15, -0.1) is 0 Å². The predicted molar refractivity (Wildman–Crippen MR) is 57.4 cm³/mol. The lowest BCUT2D eigenvalue weighted by Gasteiger charge is -2.28. The van der Waals surface area contributed by atoms with Crippen LogP contribution in [0, 0.1) is 0 Å². The monoisotopic (exact) mass is 224 g/mol. The molecule has 2 N–H and O–H groups in total. The summed E-state index contributed by atoms with van der Waals surface area (Å²) in [5.74, 6) is -0.473. The van der Waals surface area contributed by atoms with Crippen LogP contribution in [0.3, 0.4) is 0 Å². The topological polar surface area (TPSA) is 72.6 Å². The average Bonchev–Trinajstić information content (AvgIpc) is 2.77. The Labute approximate surface area is 94.2 Å². The van der Waals surface area contributed by atoms with Crippen molar-refractivity contribution in [2.45, 2.75) is 30.8 Å². The van der Waals surface area contributed by atoms with Gasteiger partial charge in [-0.2, -0.15) is 0 Å². The largest absolute Gasteiger partial charge is 0.460 e. The maximum atomic E-state index is 12.0. The summed E-state index contributed by atoms with van der Waals surface area (Å²) in [6.07, 6.45) is 3.39. The van der Waals surface area contributed by atoms with Crippen LogP contribution in [0.15, 0.2) is 12.7 Å². The zero-order valence-corrected chi connectivity index (χ0v) is 9.15. The highest BCUT2D eigenvalue weighted by atomic mass is 16.5. The van der Waals surface area contributed by atoms with Gasteiger partial charge in [0, 0.05) is 13.0 Å². The molecule has 0 aliphatic carbocycles. The first-order valence-corrected chi connectivity index (χ1v) is 5.47. The summed E-state index contributed by atoms with van der Waals surface area (Å²) in [6, 6.07) is -0.559. The number of carbonyl (C=O) groups excluding carboxylic acids is 2. The lowest BCUT2D eigenvalue weighted by molar-refractivity contribution is -0.156. The molecule has 0 aromatic heterocycles. The number of hydrogen-bond donors (Lipinski definition) is 1. The third-order valence-corrected chi connectivity index (χ3v) is 3.34.